The molecular formula is C15H21ClN2O. The fourth-order valence-electron chi connectivity index (χ4n) is 2.66. The molecule has 4 heteroatoms. The molecule has 0 bridgehead atoms. The van der Waals surface area contributed by atoms with Gasteiger partial charge in [-0.1, -0.05) is 43.7 Å². The zero-order chi connectivity index (χ0) is 13.7. The first-order chi connectivity index (χ1) is 9.15. The maximum atomic E-state index is 11.9. The lowest BCUT2D eigenvalue weighted by Crippen LogP contribution is -2.15. The molecule has 1 amide bonds. The standard InChI is InChI=1S/C15H21ClN2O/c16-13-8-7-12(17)10-14(13)18-15(19)9-6-11-4-2-1-3-5-11/h7-8,10-11H,1-6,9,17H2,(H,18,19). The fourth-order valence-corrected chi connectivity index (χ4v) is 2.83. The van der Waals surface area contributed by atoms with Crippen LogP contribution in [0, 0.1) is 5.92 Å². The number of carbonyl (C=O) groups is 1. The normalized spacial score (nSPS) is 16.3. The summed E-state index contributed by atoms with van der Waals surface area (Å²) in [5.41, 5.74) is 6.89. The third-order valence-electron chi connectivity index (χ3n) is 3.77. The monoisotopic (exact) mass is 280 g/mol. The van der Waals surface area contributed by atoms with Gasteiger partial charge < -0.3 is 11.1 Å². The van der Waals surface area contributed by atoms with Crippen molar-refractivity contribution in [1.29, 1.82) is 0 Å². The summed E-state index contributed by atoms with van der Waals surface area (Å²) in [5, 5.41) is 3.37. The molecule has 2 rings (SSSR count). The Balaban J connectivity index is 1.81. The van der Waals surface area contributed by atoms with Crippen LogP contribution in [0.5, 0.6) is 0 Å². The number of hydrogen-bond donors (Lipinski definition) is 2. The molecule has 19 heavy (non-hydrogen) atoms. The molecule has 1 aromatic carbocycles. The van der Waals surface area contributed by atoms with E-state index in [0.717, 1.165) is 12.3 Å². The zero-order valence-corrected chi connectivity index (χ0v) is 11.9. The van der Waals surface area contributed by atoms with E-state index in [1.807, 2.05) is 0 Å². The highest BCUT2D eigenvalue weighted by atomic mass is 35.5. The molecule has 104 valence electrons. The minimum atomic E-state index is 0.0260. The van der Waals surface area contributed by atoms with Crippen LogP contribution in [0.3, 0.4) is 0 Å². The molecule has 1 aliphatic carbocycles. The minimum absolute atomic E-state index is 0.0260. The van der Waals surface area contributed by atoms with E-state index in [0.29, 0.717) is 22.8 Å². The highest BCUT2D eigenvalue weighted by molar-refractivity contribution is 6.33. The quantitative estimate of drug-likeness (QED) is 0.811. The predicted molar refractivity (Wildman–Crippen MR) is 80.3 cm³/mol. The van der Waals surface area contributed by atoms with Gasteiger partial charge in [-0.15, -0.1) is 0 Å². The van der Waals surface area contributed by atoms with Crippen LogP contribution >= 0.6 is 11.6 Å². The number of halogens is 1. The first kappa shape index (κ1) is 14.2. The first-order valence-electron chi connectivity index (χ1n) is 7.00. The van der Waals surface area contributed by atoms with Gasteiger partial charge in [0.15, 0.2) is 0 Å². The van der Waals surface area contributed by atoms with Gasteiger partial charge >= 0.3 is 0 Å². The van der Waals surface area contributed by atoms with Gasteiger partial charge in [0.05, 0.1) is 10.7 Å². The number of rotatable bonds is 4. The van der Waals surface area contributed by atoms with Crippen molar-refractivity contribution in [2.75, 3.05) is 11.1 Å². The third-order valence-corrected chi connectivity index (χ3v) is 4.10. The topological polar surface area (TPSA) is 55.1 Å². The Labute approximate surface area is 119 Å². The van der Waals surface area contributed by atoms with Crippen LogP contribution in [0.2, 0.25) is 5.02 Å². The van der Waals surface area contributed by atoms with Crippen molar-refractivity contribution in [3.63, 3.8) is 0 Å². The van der Waals surface area contributed by atoms with Crippen LogP contribution in [0.15, 0.2) is 18.2 Å². The zero-order valence-electron chi connectivity index (χ0n) is 11.1. The molecule has 0 saturated heterocycles. The maximum Gasteiger partial charge on any atom is 0.224 e. The summed E-state index contributed by atoms with van der Waals surface area (Å²) >= 11 is 6.02. The molecule has 1 fully saturated rings. The van der Waals surface area contributed by atoms with Crippen LogP contribution in [0.1, 0.15) is 44.9 Å². The van der Waals surface area contributed by atoms with E-state index < -0.39 is 0 Å². The summed E-state index contributed by atoms with van der Waals surface area (Å²) in [4.78, 5) is 11.9. The fraction of sp³-hybridized carbons (Fsp3) is 0.533. The van der Waals surface area contributed by atoms with Gasteiger partial charge in [-0.2, -0.15) is 0 Å². The molecule has 1 aromatic rings. The second-order valence-corrected chi connectivity index (χ2v) is 5.74. The number of nitrogens with two attached hydrogens (primary N) is 1. The van der Waals surface area contributed by atoms with Crippen LogP contribution in [-0.4, -0.2) is 5.91 Å². The van der Waals surface area contributed by atoms with E-state index in [-0.39, 0.29) is 5.91 Å². The number of anilines is 2. The molecule has 3 N–H and O–H groups in total. The van der Waals surface area contributed by atoms with Crippen molar-refractivity contribution in [2.45, 2.75) is 44.9 Å². The molecule has 1 saturated carbocycles. The molecule has 0 spiro atoms. The van der Waals surface area contributed by atoms with Gasteiger partial charge in [0.2, 0.25) is 5.91 Å². The van der Waals surface area contributed by atoms with E-state index in [4.69, 9.17) is 17.3 Å². The number of amides is 1. The lowest BCUT2D eigenvalue weighted by atomic mass is 9.86. The van der Waals surface area contributed by atoms with Crippen LogP contribution in [0.25, 0.3) is 0 Å². The highest BCUT2D eigenvalue weighted by Gasteiger charge is 2.15. The maximum absolute atomic E-state index is 11.9. The Morgan fingerprint density at radius 1 is 1.32 bits per heavy atom. The summed E-state index contributed by atoms with van der Waals surface area (Å²) in [6, 6.07) is 5.12. The number of nitrogens with one attached hydrogen (secondary N) is 1. The van der Waals surface area contributed by atoms with Crippen molar-refractivity contribution < 1.29 is 4.79 Å². The number of carbonyl (C=O) groups excluding carboxylic acids is 1. The van der Waals surface area contributed by atoms with Crippen LogP contribution in [0.4, 0.5) is 11.4 Å². The molecule has 0 heterocycles. The summed E-state index contributed by atoms with van der Waals surface area (Å²) in [7, 11) is 0. The Morgan fingerprint density at radius 3 is 2.79 bits per heavy atom. The van der Waals surface area contributed by atoms with Crippen LogP contribution < -0.4 is 11.1 Å². The Hall–Kier alpha value is -1.22. The van der Waals surface area contributed by atoms with Gasteiger partial charge in [0.25, 0.3) is 0 Å². The summed E-state index contributed by atoms with van der Waals surface area (Å²) in [5.74, 6) is 0.744. The molecule has 0 atom stereocenters. The second kappa shape index (κ2) is 6.80. The van der Waals surface area contributed by atoms with Gasteiger partial charge in [0.1, 0.15) is 0 Å². The Bertz CT molecular complexity index is 442. The third kappa shape index (κ3) is 4.43. The van der Waals surface area contributed by atoms with Gasteiger partial charge in [-0.25, -0.2) is 0 Å². The molecular weight excluding hydrogens is 260 g/mol. The summed E-state index contributed by atoms with van der Waals surface area (Å²) in [6.07, 6.45) is 8.06. The molecule has 0 unspecified atom stereocenters. The summed E-state index contributed by atoms with van der Waals surface area (Å²) in [6.45, 7) is 0. The van der Waals surface area contributed by atoms with Crippen molar-refractivity contribution in [3.05, 3.63) is 23.2 Å². The Morgan fingerprint density at radius 2 is 2.05 bits per heavy atom. The average molecular weight is 281 g/mol. The molecule has 0 aliphatic heterocycles. The van der Waals surface area contributed by atoms with E-state index in [2.05, 4.69) is 5.32 Å². The smallest absolute Gasteiger partial charge is 0.224 e. The van der Waals surface area contributed by atoms with Crippen molar-refractivity contribution in [2.24, 2.45) is 5.92 Å². The van der Waals surface area contributed by atoms with Crippen molar-refractivity contribution in [1.82, 2.24) is 0 Å². The molecule has 3 nitrogen and oxygen atoms in total. The van der Waals surface area contributed by atoms with Gasteiger partial charge in [0, 0.05) is 12.1 Å². The van der Waals surface area contributed by atoms with Gasteiger partial charge in [-0.3, -0.25) is 4.79 Å². The van der Waals surface area contributed by atoms with Crippen molar-refractivity contribution in [3.8, 4) is 0 Å². The van der Waals surface area contributed by atoms with E-state index >= 15 is 0 Å². The lowest BCUT2D eigenvalue weighted by molar-refractivity contribution is -0.116. The second-order valence-electron chi connectivity index (χ2n) is 5.33. The predicted octanol–water partition coefficient (Wildman–Crippen LogP) is 4.22. The summed E-state index contributed by atoms with van der Waals surface area (Å²) < 4.78 is 0. The molecule has 0 aromatic heterocycles. The SMILES string of the molecule is Nc1ccc(Cl)c(NC(=O)CCC2CCCCC2)c1. The lowest BCUT2D eigenvalue weighted by Gasteiger charge is -2.21. The highest BCUT2D eigenvalue weighted by Crippen LogP contribution is 2.28. The van der Waals surface area contributed by atoms with Crippen molar-refractivity contribution >= 4 is 28.9 Å². The molecule has 0 radical (unpaired) electrons. The number of nitrogen functional groups attached to an aromatic ring is 1. The Kier molecular flexibility index (Phi) is 5.08. The van der Waals surface area contributed by atoms with E-state index in [1.165, 1.54) is 32.1 Å². The number of benzene rings is 1. The minimum Gasteiger partial charge on any atom is -0.399 e. The largest absolute Gasteiger partial charge is 0.399 e. The van der Waals surface area contributed by atoms with E-state index in [1.54, 1.807) is 18.2 Å². The van der Waals surface area contributed by atoms with Crippen LogP contribution in [-0.2, 0) is 4.79 Å². The van der Waals surface area contributed by atoms with E-state index in [9.17, 15) is 4.79 Å². The molecule has 1 aliphatic rings. The average Bonchev–Trinajstić information content (AvgIpc) is 2.42. The first-order valence-corrected chi connectivity index (χ1v) is 7.38. The van der Waals surface area contributed by atoms with Gasteiger partial charge in [-0.05, 0) is 30.5 Å². The number of hydrogen-bond acceptors (Lipinski definition) is 2.